The van der Waals surface area contributed by atoms with Crippen LogP contribution in [0.5, 0.6) is 0 Å². The molecule has 0 radical (unpaired) electrons. The van der Waals surface area contributed by atoms with E-state index in [-0.39, 0.29) is 23.6 Å². The van der Waals surface area contributed by atoms with Gasteiger partial charge in [0.25, 0.3) is 11.8 Å². The van der Waals surface area contributed by atoms with Crippen LogP contribution in [0, 0.1) is 6.92 Å². The van der Waals surface area contributed by atoms with Gasteiger partial charge in [-0.3, -0.25) is 14.6 Å². The highest BCUT2D eigenvalue weighted by atomic mass is 16.5. The fourth-order valence-corrected chi connectivity index (χ4v) is 2.64. The van der Waals surface area contributed by atoms with E-state index in [1.165, 1.54) is 12.3 Å². The smallest absolute Gasteiger partial charge is 0.274 e. The number of rotatable bonds is 5. The van der Waals surface area contributed by atoms with Crippen molar-refractivity contribution >= 4 is 17.5 Å². The first-order valence-corrected chi connectivity index (χ1v) is 8.36. The number of amides is 2. The van der Waals surface area contributed by atoms with Crippen molar-refractivity contribution in [3.05, 3.63) is 59.4 Å². The van der Waals surface area contributed by atoms with Gasteiger partial charge in [-0.15, -0.1) is 0 Å². The molecule has 1 fully saturated rings. The molecule has 1 aromatic carbocycles. The number of aryl methyl sites for hydroxylation is 1. The van der Waals surface area contributed by atoms with Crippen molar-refractivity contribution in [1.82, 2.24) is 10.3 Å². The van der Waals surface area contributed by atoms with Gasteiger partial charge in [0.15, 0.2) is 0 Å². The molecule has 0 spiro atoms. The number of ether oxygens (including phenoxy) is 1. The van der Waals surface area contributed by atoms with Crippen LogP contribution in [-0.4, -0.2) is 36.1 Å². The Balaban J connectivity index is 1.62. The van der Waals surface area contributed by atoms with E-state index < -0.39 is 0 Å². The SMILES string of the molecule is Cc1ccc(NC(=O)c2cc(C(=O)NCC3CCCO3)ccn2)cc1. The van der Waals surface area contributed by atoms with Gasteiger partial charge in [0, 0.05) is 30.6 Å². The van der Waals surface area contributed by atoms with Crippen LogP contribution < -0.4 is 10.6 Å². The van der Waals surface area contributed by atoms with Crippen LogP contribution in [0.4, 0.5) is 5.69 Å². The number of anilines is 1. The highest BCUT2D eigenvalue weighted by Crippen LogP contribution is 2.12. The van der Waals surface area contributed by atoms with Crippen molar-refractivity contribution in [2.24, 2.45) is 0 Å². The van der Waals surface area contributed by atoms with Gasteiger partial charge in [-0.25, -0.2) is 0 Å². The number of aromatic nitrogens is 1. The molecule has 2 aromatic rings. The molecule has 6 heteroatoms. The quantitative estimate of drug-likeness (QED) is 0.877. The lowest BCUT2D eigenvalue weighted by Crippen LogP contribution is -2.32. The Kier molecular flexibility index (Phi) is 5.40. The van der Waals surface area contributed by atoms with Crippen LogP contribution in [0.1, 0.15) is 39.3 Å². The lowest BCUT2D eigenvalue weighted by molar-refractivity contribution is 0.0857. The maximum atomic E-state index is 12.3. The monoisotopic (exact) mass is 339 g/mol. The topological polar surface area (TPSA) is 80.3 Å². The second-order valence-corrected chi connectivity index (χ2v) is 6.09. The first kappa shape index (κ1) is 17.1. The molecule has 2 heterocycles. The number of hydrogen-bond donors (Lipinski definition) is 2. The predicted octanol–water partition coefficient (Wildman–Crippen LogP) is 2.55. The van der Waals surface area contributed by atoms with Crippen LogP contribution in [-0.2, 0) is 4.74 Å². The summed E-state index contributed by atoms with van der Waals surface area (Å²) in [5.41, 5.74) is 2.40. The first-order chi connectivity index (χ1) is 12.1. The van der Waals surface area contributed by atoms with Crippen molar-refractivity contribution in [2.75, 3.05) is 18.5 Å². The third-order valence-electron chi connectivity index (χ3n) is 4.08. The number of carbonyl (C=O) groups is 2. The average Bonchev–Trinajstić information content (AvgIpc) is 3.15. The van der Waals surface area contributed by atoms with E-state index in [4.69, 9.17) is 4.74 Å². The van der Waals surface area contributed by atoms with Crippen LogP contribution >= 0.6 is 0 Å². The Morgan fingerprint density at radius 2 is 2.00 bits per heavy atom. The molecule has 1 saturated heterocycles. The summed E-state index contributed by atoms with van der Waals surface area (Å²) in [4.78, 5) is 28.6. The van der Waals surface area contributed by atoms with E-state index in [0.29, 0.717) is 17.8 Å². The van der Waals surface area contributed by atoms with Crippen molar-refractivity contribution in [3.63, 3.8) is 0 Å². The molecule has 3 rings (SSSR count). The third-order valence-corrected chi connectivity index (χ3v) is 4.08. The lowest BCUT2D eigenvalue weighted by Gasteiger charge is -2.11. The molecule has 1 aliphatic rings. The first-order valence-electron chi connectivity index (χ1n) is 8.36. The van der Waals surface area contributed by atoms with Crippen LogP contribution in [0.2, 0.25) is 0 Å². The van der Waals surface area contributed by atoms with E-state index in [2.05, 4.69) is 15.6 Å². The number of nitrogens with zero attached hydrogens (tertiary/aromatic N) is 1. The number of carbonyl (C=O) groups excluding carboxylic acids is 2. The largest absolute Gasteiger partial charge is 0.376 e. The molecule has 25 heavy (non-hydrogen) atoms. The van der Waals surface area contributed by atoms with E-state index in [1.807, 2.05) is 31.2 Å². The number of benzene rings is 1. The standard InChI is InChI=1S/C19H21N3O3/c1-13-4-6-15(7-5-13)22-19(24)17-11-14(8-9-20-17)18(23)21-12-16-3-2-10-25-16/h4-9,11,16H,2-3,10,12H2,1H3,(H,21,23)(H,22,24). The summed E-state index contributed by atoms with van der Waals surface area (Å²) in [6.45, 7) is 3.21. The van der Waals surface area contributed by atoms with Gasteiger partial charge in [0.1, 0.15) is 5.69 Å². The zero-order chi connectivity index (χ0) is 17.6. The van der Waals surface area contributed by atoms with Crippen molar-refractivity contribution in [1.29, 1.82) is 0 Å². The number of hydrogen-bond acceptors (Lipinski definition) is 4. The molecule has 1 aromatic heterocycles. The average molecular weight is 339 g/mol. The second-order valence-electron chi connectivity index (χ2n) is 6.09. The van der Waals surface area contributed by atoms with Crippen LogP contribution in [0.15, 0.2) is 42.6 Å². The van der Waals surface area contributed by atoms with Gasteiger partial charge in [-0.1, -0.05) is 17.7 Å². The van der Waals surface area contributed by atoms with Gasteiger partial charge in [-0.2, -0.15) is 0 Å². The minimum absolute atomic E-state index is 0.0788. The van der Waals surface area contributed by atoms with Gasteiger partial charge in [-0.05, 0) is 44.0 Å². The van der Waals surface area contributed by atoms with Gasteiger partial charge < -0.3 is 15.4 Å². The van der Waals surface area contributed by atoms with Crippen molar-refractivity contribution < 1.29 is 14.3 Å². The molecule has 1 aliphatic heterocycles. The normalized spacial score (nSPS) is 16.4. The fraction of sp³-hybridized carbons (Fsp3) is 0.316. The minimum atomic E-state index is -0.349. The summed E-state index contributed by atoms with van der Waals surface area (Å²) in [6.07, 6.45) is 3.53. The zero-order valence-corrected chi connectivity index (χ0v) is 14.1. The Hall–Kier alpha value is -2.73. The van der Waals surface area contributed by atoms with Gasteiger partial charge >= 0.3 is 0 Å². The molecule has 0 aliphatic carbocycles. The van der Waals surface area contributed by atoms with Gasteiger partial charge in [0.2, 0.25) is 0 Å². The number of pyridine rings is 1. The molecule has 2 amide bonds. The Labute approximate surface area is 146 Å². The molecule has 1 atom stereocenters. The molecule has 0 saturated carbocycles. The molecular weight excluding hydrogens is 318 g/mol. The Morgan fingerprint density at radius 3 is 2.72 bits per heavy atom. The molecule has 130 valence electrons. The third kappa shape index (κ3) is 4.64. The summed E-state index contributed by atoms with van der Waals surface area (Å²) in [5, 5.41) is 5.61. The summed E-state index contributed by atoms with van der Waals surface area (Å²) < 4.78 is 5.48. The van der Waals surface area contributed by atoms with Crippen LogP contribution in [0.25, 0.3) is 0 Å². The highest BCUT2D eigenvalue weighted by molar-refractivity contribution is 6.04. The summed E-state index contributed by atoms with van der Waals surface area (Å²) >= 11 is 0. The van der Waals surface area contributed by atoms with Crippen molar-refractivity contribution in [3.8, 4) is 0 Å². The molecule has 2 N–H and O–H groups in total. The molecule has 0 bridgehead atoms. The van der Waals surface area contributed by atoms with E-state index >= 15 is 0 Å². The molecular formula is C19H21N3O3. The van der Waals surface area contributed by atoms with E-state index in [9.17, 15) is 9.59 Å². The second kappa shape index (κ2) is 7.90. The minimum Gasteiger partial charge on any atom is -0.376 e. The molecule has 1 unspecified atom stereocenters. The predicted molar refractivity (Wildman–Crippen MR) is 94.7 cm³/mol. The maximum absolute atomic E-state index is 12.3. The van der Waals surface area contributed by atoms with Crippen LogP contribution in [0.3, 0.4) is 0 Å². The maximum Gasteiger partial charge on any atom is 0.274 e. The Bertz CT molecular complexity index is 753. The summed E-state index contributed by atoms with van der Waals surface area (Å²) in [5.74, 6) is -0.583. The summed E-state index contributed by atoms with van der Waals surface area (Å²) in [6, 6.07) is 10.6. The Morgan fingerprint density at radius 1 is 1.20 bits per heavy atom. The lowest BCUT2D eigenvalue weighted by atomic mass is 10.2. The van der Waals surface area contributed by atoms with Crippen molar-refractivity contribution in [2.45, 2.75) is 25.9 Å². The summed E-state index contributed by atoms with van der Waals surface area (Å²) in [7, 11) is 0. The van der Waals surface area contributed by atoms with Gasteiger partial charge in [0.05, 0.1) is 6.10 Å². The van der Waals surface area contributed by atoms with E-state index in [0.717, 1.165) is 25.0 Å². The fourth-order valence-electron chi connectivity index (χ4n) is 2.64. The zero-order valence-electron chi connectivity index (χ0n) is 14.1. The van der Waals surface area contributed by atoms with E-state index in [1.54, 1.807) is 6.07 Å². The highest BCUT2D eigenvalue weighted by Gasteiger charge is 2.17. The molecule has 6 nitrogen and oxygen atoms in total. The number of nitrogens with one attached hydrogen (secondary N) is 2.